The van der Waals surface area contributed by atoms with Gasteiger partial charge in [0.2, 0.25) is 0 Å². The summed E-state index contributed by atoms with van der Waals surface area (Å²) in [6, 6.07) is 0. The van der Waals surface area contributed by atoms with Crippen LogP contribution in [0.2, 0.25) is 0 Å². The van der Waals surface area contributed by atoms with Gasteiger partial charge in [-0.25, -0.2) is 9.18 Å². The molecule has 0 bridgehead atoms. The van der Waals surface area contributed by atoms with Crippen molar-refractivity contribution in [2.24, 2.45) is 0 Å². The molecule has 0 radical (unpaired) electrons. The van der Waals surface area contributed by atoms with E-state index < -0.39 is 41.8 Å². The van der Waals surface area contributed by atoms with Crippen LogP contribution in [0.1, 0.15) is 23.0 Å². The highest BCUT2D eigenvalue weighted by atomic mass is 19.4. The van der Waals surface area contributed by atoms with Crippen LogP contribution >= 0.6 is 0 Å². The van der Waals surface area contributed by atoms with E-state index in [0.717, 1.165) is 0 Å². The highest BCUT2D eigenvalue weighted by Gasteiger charge is 2.36. The molecule has 106 valence electrons. The fourth-order valence-electron chi connectivity index (χ4n) is 1.19. The van der Waals surface area contributed by atoms with Gasteiger partial charge in [-0.2, -0.15) is 0 Å². The van der Waals surface area contributed by atoms with Crippen LogP contribution in [0.5, 0.6) is 11.5 Å². The number of pyridine rings is 1. The number of aromatic nitrogens is 1. The first kappa shape index (κ1) is 15.0. The van der Waals surface area contributed by atoms with Crippen molar-refractivity contribution in [3.8, 4) is 11.5 Å². The van der Waals surface area contributed by atoms with Crippen molar-refractivity contribution in [3.05, 3.63) is 17.5 Å². The number of ether oxygens (including phenoxy) is 2. The zero-order valence-corrected chi connectivity index (χ0v) is 9.62. The molecular weight excluding hydrogens is 274 g/mol. The number of rotatable bonds is 4. The summed E-state index contributed by atoms with van der Waals surface area (Å²) >= 11 is 0. The zero-order valence-electron chi connectivity index (χ0n) is 9.62. The predicted octanol–water partition coefficient (Wildman–Crippen LogP) is 2.33. The number of hydrogen-bond acceptors (Lipinski definition) is 5. The molecule has 1 heterocycles. The summed E-state index contributed by atoms with van der Waals surface area (Å²) in [5, 5.41) is 9.41. The molecule has 0 aliphatic heterocycles. The molecule has 0 aliphatic carbocycles. The summed E-state index contributed by atoms with van der Waals surface area (Å²) in [7, 11) is 0. The maximum Gasteiger partial charge on any atom is 0.573 e. The van der Waals surface area contributed by atoms with E-state index in [4.69, 9.17) is 0 Å². The standard InChI is InChI=1S/C10H9F4NO4/c1-2-18-9(17)5-4-15-6(3-11)7(16)8(5)19-10(12,13)14/h4,16H,2-3H2,1H3. The highest BCUT2D eigenvalue weighted by Crippen LogP contribution is 2.37. The Bertz CT molecular complexity index is 475. The van der Waals surface area contributed by atoms with Gasteiger partial charge in [0.1, 0.15) is 17.9 Å². The lowest BCUT2D eigenvalue weighted by Gasteiger charge is -2.14. The summed E-state index contributed by atoms with van der Waals surface area (Å²) in [6.45, 7) is 0.0183. The molecular formula is C10H9F4NO4. The van der Waals surface area contributed by atoms with Crippen LogP contribution in [-0.4, -0.2) is 29.0 Å². The largest absolute Gasteiger partial charge is 0.573 e. The van der Waals surface area contributed by atoms with Gasteiger partial charge in [0, 0.05) is 6.20 Å². The van der Waals surface area contributed by atoms with Crippen molar-refractivity contribution in [1.82, 2.24) is 4.98 Å². The van der Waals surface area contributed by atoms with Gasteiger partial charge >= 0.3 is 12.3 Å². The predicted molar refractivity (Wildman–Crippen MR) is 53.4 cm³/mol. The number of hydrogen-bond donors (Lipinski definition) is 1. The van der Waals surface area contributed by atoms with E-state index in [0.29, 0.717) is 6.20 Å². The van der Waals surface area contributed by atoms with Crippen molar-refractivity contribution < 1.29 is 36.9 Å². The Morgan fingerprint density at radius 3 is 2.58 bits per heavy atom. The Labute approximate surface area is 104 Å². The van der Waals surface area contributed by atoms with E-state index >= 15 is 0 Å². The third-order valence-electron chi connectivity index (χ3n) is 1.92. The fraction of sp³-hybridized carbons (Fsp3) is 0.400. The van der Waals surface area contributed by atoms with Gasteiger partial charge in [0.15, 0.2) is 11.5 Å². The molecule has 0 unspecified atom stereocenters. The average Bonchev–Trinajstić information content (AvgIpc) is 2.30. The molecule has 0 saturated carbocycles. The Morgan fingerprint density at radius 1 is 1.47 bits per heavy atom. The number of carbonyl (C=O) groups is 1. The van der Waals surface area contributed by atoms with E-state index in [1.807, 2.05) is 0 Å². The van der Waals surface area contributed by atoms with Crippen molar-refractivity contribution in [2.45, 2.75) is 20.0 Å². The van der Waals surface area contributed by atoms with Gasteiger partial charge in [-0.15, -0.1) is 13.2 Å². The molecule has 0 aliphatic rings. The number of esters is 1. The molecule has 1 rings (SSSR count). The third kappa shape index (κ3) is 3.70. The third-order valence-corrected chi connectivity index (χ3v) is 1.92. The van der Waals surface area contributed by atoms with Gasteiger partial charge in [-0.1, -0.05) is 0 Å². The summed E-state index contributed by atoms with van der Waals surface area (Å²) in [5.74, 6) is -3.59. The Morgan fingerprint density at radius 2 is 2.11 bits per heavy atom. The van der Waals surface area contributed by atoms with Crippen LogP contribution in [0, 0.1) is 0 Å². The van der Waals surface area contributed by atoms with Gasteiger partial charge in [-0.05, 0) is 6.92 Å². The number of halogens is 4. The Kier molecular flexibility index (Phi) is 4.52. The molecule has 1 N–H and O–H groups in total. The second-order valence-electron chi connectivity index (χ2n) is 3.20. The van der Waals surface area contributed by atoms with Crippen LogP contribution in [0.4, 0.5) is 17.6 Å². The van der Waals surface area contributed by atoms with E-state index in [2.05, 4.69) is 14.5 Å². The van der Waals surface area contributed by atoms with Crippen molar-refractivity contribution >= 4 is 5.97 Å². The summed E-state index contributed by atoms with van der Waals surface area (Å²) in [5.41, 5.74) is -1.42. The van der Waals surface area contributed by atoms with Crippen molar-refractivity contribution in [3.63, 3.8) is 0 Å². The van der Waals surface area contributed by atoms with Crippen LogP contribution < -0.4 is 4.74 Å². The van der Waals surface area contributed by atoms with Gasteiger partial charge < -0.3 is 14.6 Å². The molecule has 19 heavy (non-hydrogen) atoms. The molecule has 0 fully saturated rings. The quantitative estimate of drug-likeness (QED) is 0.678. The minimum atomic E-state index is -5.16. The number of alkyl halides is 4. The van der Waals surface area contributed by atoms with Gasteiger partial charge in [0.05, 0.1) is 6.61 Å². The minimum Gasteiger partial charge on any atom is -0.503 e. The Hall–Kier alpha value is -2.06. The van der Waals surface area contributed by atoms with Crippen LogP contribution in [0.3, 0.4) is 0 Å². The maximum absolute atomic E-state index is 12.4. The summed E-state index contributed by atoms with van der Waals surface area (Å²) < 4.78 is 57.0. The van der Waals surface area contributed by atoms with E-state index in [-0.39, 0.29) is 6.61 Å². The van der Waals surface area contributed by atoms with Gasteiger partial charge in [-0.3, -0.25) is 4.98 Å². The number of nitrogens with zero attached hydrogens (tertiary/aromatic N) is 1. The first-order valence-corrected chi connectivity index (χ1v) is 4.99. The highest BCUT2D eigenvalue weighted by molar-refractivity contribution is 5.93. The SMILES string of the molecule is CCOC(=O)c1cnc(CF)c(O)c1OC(F)(F)F. The second-order valence-corrected chi connectivity index (χ2v) is 3.20. The molecule has 0 amide bonds. The average molecular weight is 283 g/mol. The smallest absolute Gasteiger partial charge is 0.503 e. The normalized spacial score (nSPS) is 11.2. The molecule has 0 saturated heterocycles. The summed E-state index contributed by atoms with van der Waals surface area (Å²) in [4.78, 5) is 14.7. The van der Waals surface area contributed by atoms with Crippen LogP contribution in [0.25, 0.3) is 0 Å². The maximum atomic E-state index is 12.4. The van der Waals surface area contributed by atoms with E-state index in [9.17, 15) is 27.5 Å². The first-order valence-electron chi connectivity index (χ1n) is 4.99. The molecule has 1 aromatic rings. The minimum absolute atomic E-state index is 0.101. The molecule has 5 nitrogen and oxygen atoms in total. The Balaban J connectivity index is 3.30. The van der Waals surface area contributed by atoms with Gasteiger partial charge in [0.25, 0.3) is 0 Å². The van der Waals surface area contributed by atoms with Crippen LogP contribution in [-0.2, 0) is 11.4 Å². The lowest BCUT2D eigenvalue weighted by Crippen LogP contribution is -2.20. The monoisotopic (exact) mass is 283 g/mol. The van der Waals surface area contributed by atoms with Crippen LogP contribution in [0.15, 0.2) is 6.20 Å². The molecule has 9 heteroatoms. The first-order chi connectivity index (χ1) is 8.80. The molecule has 0 spiro atoms. The second kappa shape index (κ2) is 5.72. The lowest BCUT2D eigenvalue weighted by molar-refractivity contribution is -0.275. The fourth-order valence-corrected chi connectivity index (χ4v) is 1.19. The van der Waals surface area contributed by atoms with E-state index in [1.54, 1.807) is 0 Å². The number of aromatic hydroxyl groups is 1. The van der Waals surface area contributed by atoms with Crippen molar-refractivity contribution in [2.75, 3.05) is 6.61 Å². The van der Waals surface area contributed by atoms with E-state index in [1.165, 1.54) is 6.92 Å². The topological polar surface area (TPSA) is 68.7 Å². The lowest BCUT2D eigenvalue weighted by atomic mass is 10.2. The number of carbonyl (C=O) groups excluding carboxylic acids is 1. The molecule has 0 atom stereocenters. The summed E-state index contributed by atoms with van der Waals surface area (Å²) in [6.07, 6.45) is -4.51. The van der Waals surface area contributed by atoms with Crippen molar-refractivity contribution in [1.29, 1.82) is 0 Å². The zero-order chi connectivity index (χ0) is 14.6. The molecule has 0 aromatic carbocycles. The molecule has 1 aromatic heterocycles.